The highest BCUT2D eigenvalue weighted by Crippen LogP contribution is 2.33. The Morgan fingerprint density at radius 3 is 2.40 bits per heavy atom. The van der Waals surface area contributed by atoms with E-state index in [-0.39, 0.29) is 12.5 Å². The molecule has 0 saturated heterocycles. The number of rotatable bonds is 5. The molecule has 0 radical (unpaired) electrons. The number of anilines is 1. The summed E-state index contributed by atoms with van der Waals surface area (Å²) in [5, 5.41) is 14.3. The maximum Gasteiger partial charge on any atom is 0.319 e. The molecule has 1 aromatic rings. The van der Waals surface area contributed by atoms with E-state index in [0.29, 0.717) is 26.6 Å². The zero-order valence-corrected chi connectivity index (χ0v) is 13.6. The Morgan fingerprint density at radius 2 is 1.90 bits per heavy atom. The van der Waals surface area contributed by atoms with E-state index >= 15 is 0 Å². The Balaban J connectivity index is 2.61. The van der Waals surface area contributed by atoms with Crippen LogP contribution in [0.5, 0.6) is 0 Å². The van der Waals surface area contributed by atoms with Crippen molar-refractivity contribution in [3.63, 3.8) is 0 Å². The first-order chi connectivity index (χ1) is 9.29. The van der Waals surface area contributed by atoms with E-state index in [2.05, 4.69) is 26.6 Å². The van der Waals surface area contributed by atoms with Crippen LogP contribution in [0.15, 0.2) is 16.6 Å². The van der Waals surface area contributed by atoms with Crippen molar-refractivity contribution in [2.24, 2.45) is 0 Å². The number of amides is 2. The predicted molar refractivity (Wildman–Crippen MR) is 82.6 cm³/mol. The van der Waals surface area contributed by atoms with E-state index in [1.807, 2.05) is 0 Å². The largest absolute Gasteiger partial charge is 0.481 e. The fourth-order valence-corrected chi connectivity index (χ4v) is 2.75. The summed E-state index contributed by atoms with van der Waals surface area (Å²) in [4.78, 5) is 22.2. The summed E-state index contributed by atoms with van der Waals surface area (Å²) < 4.78 is 0.702. The fraction of sp³-hybridized carbons (Fsp3) is 0.333. The van der Waals surface area contributed by atoms with Gasteiger partial charge in [-0.2, -0.15) is 0 Å². The number of carboxylic acid groups (broad SMARTS) is 1. The zero-order valence-electron chi connectivity index (χ0n) is 10.5. The number of carboxylic acids is 1. The smallest absolute Gasteiger partial charge is 0.319 e. The van der Waals surface area contributed by atoms with Crippen molar-refractivity contribution in [2.45, 2.75) is 25.8 Å². The lowest BCUT2D eigenvalue weighted by Crippen LogP contribution is -2.36. The average molecular weight is 384 g/mol. The van der Waals surface area contributed by atoms with Gasteiger partial charge in [0, 0.05) is 16.9 Å². The van der Waals surface area contributed by atoms with Crippen LogP contribution in [0.1, 0.15) is 19.8 Å². The van der Waals surface area contributed by atoms with Gasteiger partial charge in [0.1, 0.15) is 0 Å². The topological polar surface area (TPSA) is 78.4 Å². The number of hydrogen-bond acceptors (Lipinski definition) is 2. The summed E-state index contributed by atoms with van der Waals surface area (Å²) >= 11 is 15.2. The summed E-state index contributed by atoms with van der Waals surface area (Å²) in [5.74, 6) is -0.905. The van der Waals surface area contributed by atoms with Crippen LogP contribution in [0.3, 0.4) is 0 Å². The molecule has 5 nitrogen and oxygen atoms in total. The first kappa shape index (κ1) is 17.1. The van der Waals surface area contributed by atoms with Crippen molar-refractivity contribution < 1.29 is 14.7 Å². The van der Waals surface area contributed by atoms with E-state index in [1.165, 1.54) is 0 Å². The van der Waals surface area contributed by atoms with Crippen LogP contribution >= 0.6 is 39.1 Å². The SMILES string of the molecule is CC(CCC(=O)O)NC(=O)Nc1c(Cl)cc(Br)cc1Cl. The van der Waals surface area contributed by atoms with Crippen molar-refractivity contribution in [3.8, 4) is 0 Å². The lowest BCUT2D eigenvalue weighted by molar-refractivity contribution is -0.137. The molecule has 8 heteroatoms. The van der Waals surface area contributed by atoms with Gasteiger partial charge in [-0.05, 0) is 25.5 Å². The van der Waals surface area contributed by atoms with Crippen LogP contribution in [-0.4, -0.2) is 23.1 Å². The molecular formula is C12H13BrCl2N2O3. The first-order valence-electron chi connectivity index (χ1n) is 5.73. The minimum atomic E-state index is -0.905. The maximum absolute atomic E-state index is 11.8. The predicted octanol–water partition coefficient (Wildman–Crippen LogP) is 4.13. The van der Waals surface area contributed by atoms with Crippen molar-refractivity contribution in [1.82, 2.24) is 5.32 Å². The van der Waals surface area contributed by atoms with Crippen LogP contribution in [0, 0.1) is 0 Å². The highest BCUT2D eigenvalue weighted by Gasteiger charge is 2.13. The zero-order chi connectivity index (χ0) is 15.3. The van der Waals surface area contributed by atoms with Crippen LogP contribution in [-0.2, 0) is 4.79 Å². The Hall–Kier alpha value is -0.980. The first-order valence-corrected chi connectivity index (χ1v) is 7.28. The molecule has 0 aliphatic rings. The highest BCUT2D eigenvalue weighted by atomic mass is 79.9. The van der Waals surface area contributed by atoms with Gasteiger partial charge in [-0.15, -0.1) is 0 Å². The van der Waals surface area contributed by atoms with Gasteiger partial charge in [-0.1, -0.05) is 39.1 Å². The monoisotopic (exact) mass is 382 g/mol. The number of benzene rings is 1. The molecule has 3 N–H and O–H groups in total. The molecule has 0 spiro atoms. The molecule has 0 aromatic heterocycles. The van der Waals surface area contributed by atoms with Crippen LogP contribution < -0.4 is 10.6 Å². The molecule has 0 fully saturated rings. The molecule has 1 atom stereocenters. The summed E-state index contributed by atoms with van der Waals surface area (Å²) in [5.41, 5.74) is 0.305. The van der Waals surface area contributed by atoms with Crippen LogP contribution in [0.2, 0.25) is 10.0 Å². The summed E-state index contributed by atoms with van der Waals surface area (Å²) in [6.45, 7) is 1.72. The molecule has 0 saturated carbocycles. The summed E-state index contributed by atoms with van der Waals surface area (Å²) in [6, 6.07) is 2.45. The number of hydrogen-bond donors (Lipinski definition) is 3. The van der Waals surface area contributed by atoms with Crippen molar-refractivity contribution in [2.75, 3.05) is 5.32 Å². The van der Waals surface area contributed by atoms with Crippen LogP contribution in [0.25, 0.3) is 0 Å². The molecule has 20 heavy (non-hydrogen) atoms. The highest BCUT2D eigenvalue weighted by molar-refractivity contribution is 9.10. The third-order valence-electron chi connectivity index (χ3n) is 2.41. The molecule has 1 rings (SSSR count). The van der Waals surface area contributed by atoms with Crippen molar-refractivity contribution in [1.29, 1.82) is 0 Å². The normalized spacial score (nSPS) is 11.8. The van der Waals surface area contributed by atoms with Gasteiger partial charge in [0.05, 0.1) is 15.7 Å². The second-order valence-corrected chi connectivity index (χ2v) is 5.91. The molecule has 0 aliphatic carbocycles. The lowest BCUT2D eigenvalue weighted by atomic mass is 10.2. The molecule has 0 aliphatic heterocycles. The average Bonchev–Trinajstić information content (AvgIpc) is 2.31. The molecule has 2 amide bonds. The van der Waals surface area contributed by atoms with Crippen LogP contribution in [0.4, 0.5) is 10.5 Å². The minimum Gasteiger partial charge on any atom is -0.481 e. The standard InChI is InChI=1S/C12H13BrCl2N2O3/c1-6(2-3-10(18)19)16-12(20)17-11-8(14)4-7(13)5-9(11)15/h4-6H,2-3H2,1H3,(H,18,19)(H2,16,17,20). The fourth-order valence-electron chi connectivity index (χ4n) is 1.45. The lowest BCUT2D eigenvalue weighted by Gasteiger charge is -2.15. The molecule has 0 heterocycles. The van der Waals surface area contributed by atoms with E-state index in [0.717, 1.165) is 0 Å². The minimum absolute atomic E-state index is 0.0127. The van der Waals surface area contributed by atoms with Gasteiger partial charge in [0.15, 0.2) is 0 Å². The van der Waals surface area contributed by atoms with E-state index in [1.54, 1.807) is 19.1 Å². The maximum atomic E-state index is 11.8. The second kappa shape index (κ2) is 7.71. The third kappa shape index (κ3) is 5.56. The van der Waals surface area contributed by atoms with Gasteiger partial charge < -0.3 is 15.7 Å². The number of carbonyl (C=O) groups is 2. The van der Waals surface area contributed by atoms with Gasteiger partial charge in [-0.3, -0.25) is 4.79 Å². The Morgan fingerprint density at radius 1 is 1.35 bits per heavy atom. The molecular weight excluding hydrogens is 371 g/mol. The van der Waals surface area contributed by atoms with Gasteiger partial charge in [-0.25, -0.2) is 4.79 Å². The van der Waals surface area contributed by atoms with Crippen molar-refractivity contribution >= 4 is 56.8 Å². The third-order valence-corrected chi connectivity index (χ3v) is 3.47. The molecule has 1 unspecified atom stereocenters. The number of halogens is 3. The summed E-state index contributed by atoms with van der Waals surface area (Å²) in [6.07, 6.45) is 0.325. The van der Waals surface area contributed by atoms with Gasteiger partial charge in [0.25, 0.3) is 0 Å². The molecule has 0 bridgehead atoms. The number of aliphatic carboxylic acids is 1. The van der Waals surface area contributed by atoms with Crippen molar-refractivity contribution in [3.05, 3.63) is 26.7 Å². The summed E-state index contributed by atoms with van der Waals surface area (Å²) in [7, 11) is 0. The Bertz CT molecular complexity index is 502. The quantitative estimate of drug-likeness (QED) is 0.715. The van der Waals surface area contributed by atoms with E-state index in [9.17, 15) is 9.59 Å². The second-order valence-electron chi connectivity index (χ2n) is 4.18. The van der Waals surface area contributed by atoms with E-state index in [4.69, 9.17) is 28.3 Å². The number of urea groups is 1. The Kier molecular flexibility index (Phi) is 6.58. The van der Waals surface area contributed by atoms with E-state index < -0.39 is 12.0 Å². The molecule has 110 valence electrons. The van der Waals surface area contributed by atoms with Gasteiger partial charge >= 0.3 is 12.0 Å². The van der Waals surface area contributed by atoms with Gasteiger partial charge in [0.2, 0.25) is 0 Å². The number of carbonyl (C=O) groups excluding carboxylic acids is 1. The number of nitrogens with one attached hydrogen (secondary N) is 2. The molecule has 1 aromatic carbocycles. The Labute approximate surface area is 134 Å².